The van der Waals surface area contributed by atoms with Crippen LogP contribution < -0.4 is 11.1 Å². The van der Waals surface area contributed by atoms with Crippen LogP contribution in [0, 0.1) is 5.92 Å². The summed E-state index contributed by atoms with van der Waals surface area (Å²) in [6, 6.07) is 6.25. The van der Waals surface area contributed by atoms with Crippen molar-refractivity contribution in [1.82, 2.24) is 5.32 Å². The molecule has 22 heavy (non-hydrogen) atoms. The maximum Gasteiger partial charge on any atom is 0.223 e. The van der Waals surface area contributed by atoms with Crippen molar-refractivity contribution >= 4 is 41.5 Å². The van der Waals surface area contributed by atoms with E-state index in [1.54, 1.807) is 6.07 Å². The number of rotatable bonds is 3. The molecule has 3 N–H and O–H groups in total. The van der Waals surface area contributed by atoms with Gasteiger partial charge in [0, 0.05) is 18.0 Å². The minimum absolute atomic E-state index is 0. The van der Waals surface area contributed by atoms with Crippen molar-refractivity contribution < 1.29 is 4.79 Å². The van der Waals surface area contributed by atoms with E-state index in [2.05, 4.69) is 5.32 Å². The van der Waals surface area contributed by atoms with Crippen LogP contribution in [0.5, 0.6) is 0 Å². The predicted molar refractivity (Wildman–Crippen MR) is 92.9 cm³/mol. The molecule has 3 nitrogen and oxygen atoms in total. The highest BCUT2D eigenvalue weighted by molar-refractivity contribution is 6.42. The summed E-state index contributed by atoms with van der Waals surface area (Å²) < 4.78 is 0. The Kier molecular flexibility index (Phi) is 6.00. The highest BCUT2D eigenvalue weighted by atomic mass is 35.5. The summed E-state index contributed by atoms with van der Waals surface area (Å²) in [5.74, 6) is 0.537. The second kappa shape index (κ2) is 7.39. The standard InChI is InChI=1S/C16H20Cl2N2O.ClH/c17-14-6-1-9(7-15(14)18)12-8-13(12)16(21)20-11-4-2-10(19)3-5-11;/h1,6-7,10-13H,2-5,8,19H2,(H,20,21);1H. The van der Waals surface area contributed by atoms with Crippen LogP contribution in [-0.4, -0.2) is 18.0 Å². The van der Waals surface area contributed by atoms with E-state index < -0.39 is 0 Å². The summed E-state index contributed by atoms with van der Waals surface area (Å²) >= 11 is 12.0. The number of carbonyl (C=O) groups excluding carboxylic acids is 1. The van der Waals surface area contributed by atoms with Gasteiger partial charge < -0.3 is 11.1 Å². The lowest BCUT2D eigenvalue weighted by atomic mass is 9.91. The Morgan fingerprint density at radius 3 is 2.45 bits per heavy atom. The minimum Gasteiger partial charge on any atom is -0.353 e. The third kappa shape index (κ3) is 4.08. The molecule has 0 spiro atoms. The number of nitrogens with one attached hydrogen (secondary N) is 1. The number of amides is 1. The van der Waals surface area contributed by atoms with Crippen LogP contribution in [-0.2, 0) is 4.79 Å². The normalized spacial score (nSPS) is 30.3. The van der Waals surface area contributed by atoms with Gasteiger partial charge in [0.15, 0.2) is 0 Å². The molecule has 0 heterocycles. The van der Waals surface area contributed by atoms with Crippen molar-refractivity contribution in [2.24, 2.45) is 11.7 Å². The fourth-order valence-electron chi connectivity index (χ4n) is 3.17. The monoisotopic (exact) mass is 362 g/mol. The average Bonchev–Trinajstić information content (AvgIpc) is 3.25. The lowest BCUT2D eigenvalue weighted by molar-refractivity contribution is -0.123. The van der Waals surface area contributed by atoms with Crippen molar-refractivity contribution in [2.75, 3.05) is 0 Å². The number of hydrogen-bond donors (Lipinski definition) is 2. The highest BCUT2D eigenvalue weighted by Crippen LogP contribution is 2.48. The Hall–Kier alpha value is -0.480. The molecule has 2 unspecified atom stereocenters. The minimum atomic E-state index is 0. The molecule has 0 bridgehead atoms. The van der Waals surface area contributed by atoms with Crippen LogP contribution >= 0.6 is 35.6 Å². The van der Waals surface area contributed by atoms with E-state index in [0.717, 1.165) is 37.7 Å². The van der Waals surface area contributed by atoms with Crippen molar-refractivity contribution in [2.45, 2.75) is 50.1 Å². The van der Waals surface area contributed by atoms with Gasteiger partial charge in [-0.05, 0) is 55.7 Å². The summed E-state index contributed by atoms with van der Waals surface area (Å²) in [6.07, 6.45) is 4.90. The van der Waals surface area contributed by atoms with Gasteiger partial charge in [0.25, 0.3) is 0 Å². The molecule has 2 aliphatic rings. The average molecular weight is 364 g/mol. The fraction of sp³-hybridized carbons (Fsp3) is 0.562. The zero-order chi connectivity index (χ0) is 15.0. The van der Waals surface area contributed by atoms with Gasteiger partial charge in [-0.25, -0.2) is 0 Å². The summed E-state index contributed by atoms with van der Waals surface area (Å²) in [5, 5.41) is 4.29. The summed E-state index contributed by atoms with van der Waals surface area (Å²) in [4.78, 5) is 12.3. The molecular weight excluding hydrogens is 343 g/mol. The first kappa shape index (κ1) is 17.9. The molecule has 122 valence electrons. The molecule has 0 saturated heterocycles. The fourth-order valence-corrected chi connectivity index (χ4v) is 3.47. The maximum absolute atomic E-state index is 12.3. The zero-order valence-corrected chi connectivity index (χ0v) is 14.6. The van der Waals surface area contributed by atoms with Crippen LogP contribution in [0.1, 0.15) is 43.6 Å². The second-order valence-electron chi connectivity index (χ2n) is 6.24. The second-order valence-corrected chi connectivity index (χ2v) is 7.06. The number of hydrogen-bond acceptors (Lipinski definition) is 2. The molecule has 1 aromatic rings. The Morgan fingerprint density at radius 1 is 1.14 bits per heavy atom. The van der Waals surface area contributed by atoms with Gasteiger partial charge in [-0.2, -0.15) is 0 Å². The van der Waals surface area contributed by atoms with E-state index in [1.165, 1.54) is 0 Å². The first-order valence-corrected chi connectivity index (χ1v) is 8.31. The van der Waals surface area contributed by atoms with Crippen LogP contribution in [0.3, 0.4) is 0 Å². The molecule has 0 radical (unpaired) electrons. The third-order valence-electron chi connectivity index (χ3n) is 4.62. The van der Waals surface area contributed by atoms with Gasteiger partial charge in [0.1, 0.15) is 0 Å². The predicted octanol–water partition coefficient (Wildman–Crippen LogP) is 3.90. The van der Waals surface area contributed by atoms with E-state index in [4.69, 9.17) is 28.9 Å². The Bertz CT molecular complexity index is 544. The molecule has 0 aromatic heterocycles. The van der Waals surface area contributed by atoms with E-state index in [-0.39, 0.29) is 30.2 Å². The van der Waals surface area contributed by atoms with Crippen molar-refractivity contribution in [3.8, 4) is 0 Å². The van der Waals surface area contributed by atoms with E-state index in [0.29, 0.717) is 22.1 Å². The van der Waals surface area contributed by atoms with Crippen molar-refractivity contribution in [3.63, 3.8) is 0 Å². The molecule has 2 atom stereocenters. The molecule has 3 rings (SSSR count). The van der Waals surface area contributed by atoms with E-state index >= 15 is 0 Å². The Balaban J connectivity index is 0.00000176. The van der Waals surface area contributed by atoms with Gasteiger partial charge in [0.05, 0.1) is 10.0 Å². The molecule has 2 aliphatic carbocycles. The van der Waals surface area contributed by atoms with E-state index in [1.807, 2.05) is 12.1 Å². The van der Waals surface area contributed by atoms with Crippen molar-refractivity contribution in [1.29, 1.82) is 0 Å². The third-order valence-corrected chi connectivity index (χ3v) is 5.36. The number of benzene rings is 1. The molecule has 1 amide bonds. The number of nitrogens with two attached hydrogens (primary N) is 1. The quantitative estimate of drug-likeness (QED) is 0.855. The van der Waals surface area contributed by atoms with Gasteiger partial charge in [-0.15, -0.1) is 12.4 Å². The molecule has 2 fully saturated rings. The Labute approximate surface area is 147 Å². The molecule has 0 aliphatic heterocycles. The molecule has 6 heteroatoms. The summed E-state index contributed by atoms with van der Waals surface area (Å²) in [5.41, 5.74) is 7.00. The van der Waals surface area contributed by atoms with Crippen LogP contribution in [0.25, 0.3) is 0 Å². The topological polar surface area (TPSA) is 55.1 Å². The lowest BCUT2D eigenvalue weighted by Gasteiger charge is -2.26. The summed E-state index contributed by atoms with van der Waals surface area (Å²) in [6.45, 7) is 0. The SMILES string of the molecule is Cl.NC1CCC(NC(=O)C2CC2c2ccc(Cl)c(Cl)c2)CC1. The lowest BCUT2D eigenvalue weighted by Crippen LogP contribution is -2.41. The molecule has 2 saturated carbocycles. The van der Waals surface area contributed by atoms with Gasteiger partial charge in [0.2, 0.25) is 5.91 Å². The van der Waals surface area contributed by atoms with Crippen molar-refractivity contribution in [3.05, 3.63) is 33.8 Å². The largest absolute Gasteiger partial charge is 0.353 e. The van der Waals surface area contributed by atoms with Crippen LogP contribution in [0.4, 0.5) is 0 Å². The highest BCUT2D eigenvalue weighted by Gasteiger charge is 2.44. The van der Waals surface area contributed by atoms with Crippen LogP contribution in [0.15, 0.2) is 18.2 Å². The first-order valence-electron chi connectivity index (χ1n) is 7.55. The zero-order valence-electron chi connectivity index (χ0n) is 12.2. The van der Waals surface area contributed by atoms with Gasteiger partial charge in [-0.1, -0.05) is 29.3 Å². The van der Waals surface area contributed by atoms with E-state index in [9.17, 15) is 4.79 Å². The van der Waals surface area contributed by atoms with Crippen LogP contribution in [0.2, 0.25) is 10.0 Å². The number of carbonyl (C=O) groups is 1. The number of halogens is 3. The maximum atomic E-state index is 12.3. The molecule has 1 aromatic carbocycles. The Morgan fingerprint density at radius 2 is 1.82 bits per heavy atom. The van der Waals surface area contributed by atoms with Gasteiger partial charge in [-0.3, -0.25) is 4.79 Å². The summed E-state index contributed by atoms with van der Waals surface area (Å²) in [7, 11) is 0. The van der Waals surface area contributed by atoms with Gasteiger partial charge >= 0.3 is 0 Å². The smallest absolute Gasteiger partial charge is 0.223 e. The first-order chi connectivity index (χ1) is 10.0. The molecular formula is C16H21Cl3N2O.